The standard InChI is InChI=1S/C27H50O8/c1-6-7-8-9-10-11-12-13-14-15-16-29-20(17-28)18-30-25-24-23(34-27(4,5)35-24)22(32-25)21-19-31-26(2,3)33-21/h20-25,28H,6-19H2,1-5H3/t20?,21-,22-,23+,24+,25-/m1/s1. The number of hydrogen-bond acceptors (Lipinski definition) is 8. The summed E-state index contributed by atoms with van der Waals surface area (Å²) in [6.45, 7) is 11.0. The quantitative estimate of drug-likeness (QED) is 0.287. The van der Waals surface area contributed by atoms with Crippen LogP contribution < -0.4 is 0 Å². The van der Waals surface area contributed by atoms with Crippen molar-refractivity contribution in [1.29, 1.82) is 0 Å². The highest BCUT2D eigenvalue weighted by atomic mass is 16.8. The molecule has 1 unspecified atom stereocenters. The summed E-state index contributed by atoms with van der Waals surface area (Å²) in [5.41, 5.74) is 0. The van der Waals surface area contributed by atoms with Crippen LogP contribution in [0.1, 0.15) is 98.8 Å². The summed E-state index contributed by atoms with van der Waals surface area (Å²) < 4.78 is 42.1. The Hall–Kier alpha value is -0.320. The van der Waals surface area contributed by atoms with E-state index in [4.69, 9.17) is 33.2 Å². The molecule has 8 nitrogen and oxygen atoms in total. The van der Waals surface area contributed by atoms with Crippen LogP contribution in [0.2, 0.25) is 0 Å². The summed E-state index contributed by atoms with van der Waals surface area (Å²) in [6.07, 6.45) is 10.5. The molecule has 0 spiro atoms. The lowest BCUT2D eigenvalue weighted by atomic mass is 10.1. The van der Waals surface area contributed by atoms with Crippen LogP contribution in [0.3, 0.4) is 0 Å². The van der Waals surface area contributed by atoms with Crippen LogP contribution in [0.4, 0.5) is 0 Å². The molecule has 0 aromatic rings. The molecule has 206 valence electrons. The zero-order chi connectivity index (χ0) is 25.3. The van der Waals surface area contributed by atoms with Crippen molar-refractivity contribution >= 4 is 0 Å². The van der Waals surface area contributed by atoms with Gasteiger partial charge < -0.3 is 38.3 Å². The third-order valence-corrected chi connectivity index (χ3v) is 6.95. The number of aliphatic hydroxyl groups is 1. The van der Waals surface area contributed by atoms with Crippen LogP contribution >= 0.6 is 0 Å². The Morgan fingerprint density at radius 2 is 1.43 bits per heavy atom. The molecule has 3 saturated heterocycles. The predicted octanol–water partition coefficient (Wildman–Crippen LogP) is 4.70. The van der Waals surface area contributed by atoms with E-state index in [0.29, 0.717) is 13.2 Å². The second-order valence-corrected chi connectivity index (χ2v) is 11.1. The summed E-state index contributed by atoms with van der Waals surface area (Å²) in [7, 11) is 0. The topological polar surface area (TPSA) is 84.8 Å². The molecule has 3 heterocycles. The van der Waals surface area contributed by atoms with Crippen LogP contribution in [0.5, 0.6) is 0 Å². The van der Waals surface area contributed by atoms with Gasteiger partial charge in [-0.2, -0.15) is 0 Å². The first-order valence-corrected chi connectivity index (χ1v) is 13.9. The highest BCUT2D eigenvalue weighted by Crippen LogP contribution is 2.42. The summed E-state index contributed by atoms with van der Waals surface area (Å²) in [5.74, 6) is -1.38. The smallest absolute Gasteiger partial charge is 0.187 e. The summed E-state index contributed by atoms with van der Waals surface area (Å²) in [6, 6.07) is 0. The van der Waals surface area contributed by atoms with E-state index in [0.717, 1.165) is 12.8 Å². The average molecular weight is 503 g/mol. The van der Waals surface area contributed by atoms with Crippen molar-refractivity contribution in [3.63, 3.8) is 0 Å². The Morgan fingerprint density at radius 1 is 0.800 bits per heavy atom. The Morgan fingerprint density at radius 3 is 2.03 bits per heavy atom. The predicted molar refractivity (Wildman–Crippen MR) is 132 cm³/mol. The maximum Gasteiger partial charge on any atom is 0.187 e. The fraction of sp³-hybridized carbons (Fsp3) is 1.00. The zero-order valence-electron chi connectivity index (χ0n) is 22.7. The Kier molecular flexibility index (Phi) is 11.7. The summed E-state index contributed by atoms with van der Waals surface area (Å²) >= 11 is 0. The van der Waals surface area contributed by atoms with E-state index in [1.54, 1.807) is 0 Å². The third kappa shape index (κ3) is 9.18. The lowest BCUT2D eigenvalue weighted by Gasteiger charge is -2.27. The number of fused-ring (bicyclic) bond motifs is 1. The second-order valence-electron chi connectivity index (χ2n) is 11.1. The average Bonchev–Trinajstić information content (AvgIpc) is 3.43. The Labute approximate surface area is 212 Å². The number of unbranched alkanes of at least 4 members (excludes halogenated alkanes) is 9. The van der Waals surface area contributed by atoms with Crippen LogP contribution in [-0.4, -0.2) is 79.9 Å². The zero-order valence-corrected chi connectivity index (χ0v) is 22.7. The maximum atomic E-state index is 9.78. The van der Waals surface area contributed by atoms with Gasteiger partial charge in [0.15, 0.2) is 17.9 Å². The van der Waals surface area contributed by atoms with Crippen molar-refractivity contribution < 1.29 is 38.3 Å². The van der Waals surface area contributed by atoms with Gasteiger partial charge in [-0.05, 0) is 34.1 Å². The maximum absolute atomic E-state index is 9.78. The van der Waals surface area contributed by atoms with E-state index in [2.05, 4.69) is 6.92 Å². The van der Waals surface area contributed by atoms with Gasteiger partial charge in [0.2, 0.25) is 0 Å². The van der Waals surface area contributed by atoms with Crippen LogP contribution in [0.25, 0.3) is 0 Å². The number of ether oxygens (including phenoxy) is 7. The van der Waals surface area contributed by atoms with Crippen LogP contribution in [-0.2, 0) is 33.2 Å². The van der Waals surface area contributed by atoms with Crippen LogP contribution in [0.15, 0.2) is 0 Å². The first kappa shape index (κ1) is 29.2. The lowest BCUT2D eigenvalue weighted by molar-refractivity contribution is -0.252. The van der Waals surface area contributed by atoms with Crippen molar-refractivity contribution in [2.75, 3.05) is 26.4 Å². The van der Waals surface area contributed by atoms with E-state index >= 15 is 0 Å². The molecule has 6 atom stereocenters. The third-order valence-electron chi connectivity index (χ3n) is 6.95. The largest absolute Gasteiger partial charge is 0.394 e. The first-order valence-electron chi connectivity index (χ1n) is 13.9. The molecule has 35 heavy (non-hydrogen) atoms. The molecule has 0 aromatic heterocycles. The molecule has 0 aliphatic carbocycles. The molecular weight excluding hydrogens is 452 g/mol. The van der Waals surface area contributed by atoms with Crippen molar-refractivity contribution in [3.8, 4) is 0 Å². The molecule has 0 aromatic carbocycles. The minimum absolute atomic E-state index is 0.0986. The van der Waals surface area contributed by atoms with Gasteiger partial charge >= 0.3 is 0 Å². The summed E-state index contributed by atoms with van der Waals surface area (Å²) in [4.78, 5) is 0. The molecule has 8 heteroatoms. The highest BCUT2D eigenvalue weighted by Gasteiger charge is 2.59. The van der Waals surface area contributed by atoms with E-state index < -0.39 is 24.0 Å². The minimum atomic E-state index is -0.726. The van der Waals surface area contributed by atoms with E-state index in [9.17, 15) is 5.11 Å². The van der Waals surface area contributed by atoms with Gasteiger partial charge in [0, 0.05) is 6.61 Å². The fourth-order valence-corrected chi connectivity index (χ4v) is 5.10. The molecule has 3 aliphatic rings. The monoisotopic (exact) mass is 502 g/mol. The van der Waals surface area contributed by atoms with Crippen molar-refractivity contribution in [2.45, 2.75) is 147 Å². The molecule has 3 rings (SSSR count). The lowest BCUT2D eigenvalue weighted by Crippen LogP contribution is -2.40. The van der Waals surface area contributed by atoms with Crippen molar-refractivity contribution in [1.82, 2.24) is 0 Å². The van der Waals surface area contributed by atoms with Gasteiger partial charge in [0.25, 0.3) is 0 Å². The molecule has 3 aliphatic heterocycles. The SMILES string of the molecule is CCCCCCCCCCCCOC(CO)CO[C@@H]1O[C@H]([C@H]2COC(C)(C)O2)[C@@H]2OC(C)(C)O[C@H]12. The van der Waals surface area contributed by atoms with Crippen molar-refractivity contribution in [2.24, 2.45) is 0 Å². The van der Waals surface area contributed by atoms with Gasteiger partial charge in [-0.1, -0.05) is 64.7 Å². The van der Waals surface area contributed by atoms with Gasteiger partial charge in [-0.25, -0.2) is 0 Å². The van der Waals surface area contributed by atoms with Crippen molar-refractivity contribution in [3.05, 3.63) is 0 Å². The molecule has 0 radical (unpaired) electrons. The number of rotatable bonds is 17. The highest BCUT2D eigenvalue weighted by molar-refractivity contribution is 4.99. The molecule has 0 bridgehead atoms. The molecule has 1 N–H and O–H groups in total. The summed E-state index contributed by atoms with van der Waals surface area (Å²) in [5, 5.41) is 9.78. The molecule has 0 saturated carbocycles. The molecular formula is C27H50O8. The van der Waals surface area contributed by atoms with E-state index in [1.807, 2.05) is 27.7 Å². The van der Waals surface area contributed by atoms with Gasteiger partial charge in [0.05, 0.1) is 19.8 Å². The first-order chi connectivity index (χ1) is 16.7. The number of aliphatic hydroxyl groups excluding tert-OH is 1. The Bertz CT molecular complexity index is 598. The van der Waals surface area contributed by atoms with Gasteiger partial charge in [0.1, 0.15) is 30.5 Å². The van der Waals surface area contributed by atoms with E-state index in [1.165, 1.54) is 51.4 Å². The van der Waals surface area contributed by atoms with Crippen LogP contribution in [0, 0.1) is 0 Å². The second kappa shape index (κ2) is 14.0. The molecule has 0 amide bonds. The van der Waals surface area contributed by atoms with E-state index in [-0.39, 0.29) is 37.6 Å². The fourth-order valence-electron chi connectivity index (χ4n) is 5.10. The van der Waals surface area contributed by atoms with Gasteiger partial charge in [-0.15, -0.1) is 0 Å². The van der Waals surface area contributed by atoms with Gasteiger partial charge in [-0.3, -0.25) is 0 Å². The minimum Gasteiger partial charge on any atom is -0.394 e. The number of hydrogen-bond donors (Lipinski definition) is 1. The Balaban J connectivity index is 1.34. The normalized spacial score (nSPS) is 32.2. The molecule has 3 fully saturated rings.